The molecule has 160 valence electrons. The van der Waals surface area contributed by atoms with Crippen molar-refractivity contribution in [3.05, 3.63) is 0 Å². The normalized spacial score (nSPS) is 14.1. The minimum Gasteiger partial charge on any atom is -0.480 e. The molecule has 28 heavy (non-hydrogen) atoms. The Balaban J connectivity index is 5.17. The van der Waals surface area contributed by atoms with Gasteiger partial charge in [0.15, 0.2) is 0 Å². The van der Waals surface area contributed by atoms with Crippen molar-refractivity contribution in [3.63, 3.8) is 0 Å². The highest BCUT2D eigenvalue weighted by molar-refractivity contribution is 5.94. The first-order valence-corrected chi connectivity index (χ1v) is 8.99. The van der Waals surface area contributed by atoms with Gasteiger partial charge < -0.3 is 32.5 Å². The molecule has 0 fully saturated rings. The van der Waals surface area contributed by atoms with E-state index in [1.54, 1.807) is 13.8 Å². The molecule has 0 rings (SSSR count). The lowest BCUT2D eigenvalue weighted by Crippen LogP contribution is -2.58. The van der Waals surface area contributed by atoms with Gasteiger partial charge in [-0.3, -0.25) is 24.0 Å². The van der Waals surface area contributed by atoms with Gasteiger partial charge in [0.05, 0.1) is 12.5 Å². The average molecular weight is 401 g/mol. The molecule has 3 atom stereocenters. The summed E-state index contributed by atoms with van der Waals surface area (Å²) in [7, 11) is 0. The fraction of sp³-hybridized carbons (Fsp3) is 0.706. The molecule has 0 aromatic carbocycles. The van der Waals surface area contributed by atoms with Gasteiger partial charge in [-0.1, -0.05) is 27.7 Å². The third-order valence-electron chi connectivity index (χ3n) is 3.76. The van der Waals surface area contributed by atoms with Gasteiger partial charge in [0.2, 0.25) is 23.6 Å². The van der Waals surface area contributed by atoms with E-state index in [1.807, 2.05) is 13.8 Å². The van der Waals surface area contributed by atoms with Crippen LogP contribution in [0, 0.1) is 11.8 Å². The number of carboxylic acids is 1. The summed E-state index contributed by atoms with van der Waals surface area (Å²) in [5, 5.41) is 15.9. The predicted molar refractivity (Wildman–Crippen MR) is 101 cm³/mol. The van der Waals surface area contributed by atoms with Gasteiger partial charge in [0.1, 0.15) is 18.6 Å². The van der Waals surface area contributed by atoms with Crippen molar-refractivity contribution >= 4 is 29.6 Å². The smallest absolute Gasteiger partial charge is 0.322 e. The van der Waals surface area contributed by atoms with E-state index in [4.69, 9.17) is 16.6 Å². The SMILES string of the molecule is CC(C)CC(NC(=O)C(NC(=O)C(N)CC(N)=O)C(C)C)C(=O)NCC(=O)O. The second kappa shape index (κ2) is 11.9. The zero-order valence-corrected chi connectivity index (χ0v) is 16.7. The number of carboxylic acid groups (broad SMARTS) is 1. The van der Waals surface area contributed by atoms with Crippen LogP contribution < -0.4 is 27.4 Å². The number of carbonyl (C=O) groups excluding carboxylic acids is 4. The van der Waals surface area contributed by atoms with Gasteiger partial charge in [0, 0.05) is 0 Å². The monoisotopic (exact) mass is 401 g/mol. The van der Waals surface area contributed by atoms with Crippen molar-refractivity contribution in [2.45, 2.75) is 58.7 Å². The predicted octanol–water partition coefficient (Wildman–Crippen LogP) is -1.94. The third-order valence-corrected chi connectivity index (χ3v) is 3.76. The van der Waals surface area contributed by atoms with Crippen LogP contribution in [0.15, 0.2) is 0 Å². The fourth-order valence-corrected chi connectivity index (χ4v) is 2.36. The summed E-state index contributed by atoms with van der Waals surface area (Å²) in [5.74, 6) is -4.24. The molecular weight excluding hydrogens is 370 g/mol. The minimum atomic E-state index is -1.21. The maximum atomic E-state index is 12.6. The summed E-state index contributed by atoms with van der Waals surface area (Å²) in [5.41, 5.74) is 10.6. The third kappa shape index (κ3) is 9.86. The Bertz CT molecular complexity index is 593. The highest BCUT2D eigenvalue weighted by Gasteiger charge is 2.30. The summed E-state index contributed by atoms with van der Waals surface area (Å²) >= 11 is 0. The van der Waals surface area contributed by atoms with E-state index in [1.165, 1.54) is 0 Å². The number of nitrogens with two attached hydrogens (primary N) is 2. The van der Waals surface area contributed by atoms with Crippen LogP contribution in [0.4, 0.5) is 0 Å². The van der Waals surface area contributed by atoms with Gasteiger partial charge in [-0.2, -0.15) is 0 Å². The van der Waals surface area contributed by atoms with Gasteiger partial charge >= 0.3 is 5.97 Å². The highest BCUT2D eigenvalue weighted by Crippen LogP contribution is 2.08. The maximum absolute atomic E-state index is 12.6. The Labute approximate surface area is 164 Å². The first-order chi connectivity index (χ1) is 12.8. The number of rotatable bonds is 12. The topological polar surface area (TPSA) is 194 Å². The number of carbonyl (C=O) groups is 5. The molecule has 11 nitrogen and oxygen atoms in total. The van der Waals surface area contributed by atoms with Crippen molar-refractivity contribution in [1.29, 1.82) is 0 Å². The van der Waals surface area contributed by atoms with E-state index in [0.29, 0.717) is 0 Å². The molecule has 0 saturated carbocycles. The Hall–Kier alpha value is -2.69. The van der Waals surface area contributed by atoms with Crippen molar-refractivity contribution in [1.82, 2.24) is 16.0 Å². The second-order valence-corrected chi connectivity index (χ2v) is 7.31. The molecule has 0 saturated heterocycles. The summed E-state index contributed by atoms with van der Waals surface area (Å²) < 4.78 is 0. The number of aliphatic carboxylic acids is 1. The molecule has 0 radical (unpaired) electrons. The van der Waals surface area contributed by atoms with Gasteiger partial charge in [-0.05, 0) is 18.3 Å². The molecule has 0 aliphatic carbocycles. The molecule has 0 aromatic rings. The van der Waals surface area contributed by atoms with Crippen molar-refractivity contribution in [3.8, 4) is 0 Å². The van der Waals surface area contributed by atoms with Crippen LogP contribution in [-0.2, 0) is 24.0 Å². The number of primary amides is 1. The quantitative estimate of drug-likeness (QED) is 0.219. The molecule has 4 amide bonds. The Morgan fingerprint density at radius 3 is 1.93 bits per heavy atom. The Kier molecular flexibility index (Phi) is 10.8. The molecule has 0 bridgehead atoms. The summed E-state index contributed by atoms with van der Waals surface area (Å²) in [6.45, 7) is 6.48. The molecular formula is C17H31N5O6. The van der Waals surface area contributed by atoms with Gasteiger partial charge in [-0.25, -0.2) is 0 Å². The standard InChI is InChI=1S/C17H31N5O6/c1-8(2)5-11(16(27)20-7-13(24)25)21-17(28)14(9(3)4)22-15(26)10(18)6-12(19)23/h8-11,14H,5-7,18H2,1-4H3,(H2,19,23)(H,20,27)(H,21,28)(H,22,26)(H,24,25). The van der Waals surface area contributed by atoms with Gasteiger partial charge in [-0.15, -0.1) is 0 Å². The van der Waals surface area contributed by atoms with Gasteiger partial charge in [0.25, 0.3) is 0 Å². The van der Waals surface area contributed by atoms with Crippen LogP contribution in [0.2, 0.25) is 0 Å². The summed E-state index contributed by atoms with van der Waals surface area (Å²) in [4.78, 5) is 58.5. The molecule has 0 spiro atoms. The van der Waals surface area contributed by atoms with Crippen LogP contribution in [0.25, 0.3) is 0 Å². The average Bonchev–Trinajstić information content (AvgIpc) is 2.54. The molecule has 8 N–H and O–H groups in total. The number of amides is 4. The highest BCUT2D eigenvalue weighted by atomic mass is 16.4. The molecule has 0 heterocycles. The molecule has 0 aliphatic rings. The molecule has 3 unspecified atom stereocenters. The maximum Gasteiger partial charge on any atom is 0.322 e. The first kappa shape index (κ1) is 25.3. The fourth-order valence-electron chi connectivity index (χ4n) is 2.36. The van der Waals surface area contributed by atoms with E-state index >= 15 is 0 Å². The second-order valence-electron chi connectivity index (χ2n) is 7.31. The van der Waals surface area contributed by atoms with E-state index in [-0.39, 0.29) is 24.7 Å². The zero-order valence-electron chi connectivity index (χ0n) is 16.7. The lowest BCUT2D eigenvalue weighted by Gasteiger charge is -2.26. The van der Waals surface area contributed by atoms with E-state index in [0.717, 1.165) is 0 Å². The van der Waals surface area contributed by atoms with Crippen molar-refractivity contribution in [2.24, 2.45) is 23.3 Å². The number of hydrogen-bond acceptors (Lipinski definition) is 6. The largest absolute Gasteiger partial charge is 0.480 e. The first-order valence-electron chi connectivity index (χ1n) is 8.99. The molecule has 0 aliphatic heterocycles. The number of nitrogens with one attached hydrogen (secondary N) is 3. The zero-order chi connectivity index (χ0) is 22.0. The Morgan fingerprint density at radius 1 is 0.929 bits per heavy atom. The van der Waals surface area contributed by atoms with Crippen LogP contribution in [0.3, 0.4) is 0 Å². The van der Waals surface area contributed by atoms with Crippen LogP contribution >= 0.6 is 0 Å². The molecule has 0 aromatic heterocycles. The lowest BCUT2D eigenvalue weighted by atomic mass is 9.99. The van der Waals surface area contributed by atoms with E-state index in [9.17, 15) is 24.0 Å². The summed E-state index contributed by atoms with van der Waals surface area (Å²) in [6, 6.07) is -3.17. The van der Waals surface area contributed by atoms with Crippen LogP contribution in [0.1, 0.15) is 40.5 Å². The van der Waals surface area contributed by atoms with E-state index < -0.39 is 54.3 Å². The summed E-state index contributed by atoms with van der Waals surface area (Å²) in [6.07, 6.45) is -0.0943. The van der Waals surface area contributed by atoms with Crippen LogP contribution in [0.5, 0.6) is 0 Å². The van der Waals surface area contributed by atoms with E-state index in [2.05, 4.69) is 16.0 Å². The molecule has 11 heteroatoms. The van der Waals surface area contributed by atoms with Crippen molar-refractivity contribution < 1.29 is 29.1 Å². The lowest BCUT2D eigenvalue weighted by molar-refractivity contribution is -0.138. The minimum absolute atomic E-state index is 0.0389. The Morgan fingerprint density at radius 2 is 1.50 bits per heavy atom. The number of hydrogen-bond donors (Lipinski definition) is 6. The van der Waals surface area contributed by atoms with Crippen molar-refractivity contribution in [2.75, 3.05) is 6.54 Å². The van der Waals surface area contributed by atoms with Crippen LogP contribution in [-0.4, -0.2) is 59.4 Å².